The van der Waals surface area contributed by atoms with Crippen molar-refractivity contribution in [3.63, 3.8) is 0 Å². The van der Waals surface area contributed by atoms with Gasteiger partial charge in [0, 0.05) is 18.4 Å². The number of benzene rings is 1. The van der Waals surface area contributed by atoms with Crippen molar-refractivity contribution in [3.05, 3.63) is 60.1 Å². The van der Waals surface area contributed by atoms with E-state index in [2.05, 4.69) is 0 Å². The summed E-state index contributed by atoms with van der Waals surface area (Å²) >= 11 is 0. The molecule has 0 aliphatic carbocycles. The van der Waals surface area contributed by atoms with Gasteiger partial charge in [0.1, 0.15) is 5.76 Å². The fraction of sp³-hybridized carbons (Fsp3) is 0.333. The van der Waals surface area contributed by atoms with Gasteiger partial charge >= 0.3 is 0 Å². The lowest BCUT2D eigenvalue weighted by Gasteiger charge is -2.35. The number of aliphatic hydroxyl groups excluding tert-OH is 1. The van der Waals surface area contributed by atoms with Gasteiger partial charge in [-0.25, -0.2) is 0 Å². The molecule has 0 fully saturated rings. The molecular weight excluding hydrogens is 226 g/mol. The largest absolute Gasteiger partial charge is 0.469 e. The van der Waals surface area contributed by atoms with Gasteiger partial charge in [-0.1, -0.05) is 30.3 Å². The molecule has 0 saturated carbocycles. The van der Waals surface area contributed by atoms with Crippen LogP contribution < -0.4 is 5.73 Å². The van der Waals surface area contributed by atoms with E-state index in [1.165, 1.54) is 0 Å². The van der Waals surface area contributed by atoms with Crippen LogP contribution in [-0.2, 0) is 11.8 Å². The van der Waals surface area contributed by atoms with E-state index in [-0.39, 0.29) is 0 Å². The van der Waals surface area contributed by atoms with Crippen LogP contribution >= 0.6 is 0 Å². The summed E-state index contributed by atoms with van der Waals surface area (Å²) in [6.45, 7) is 2.15. The maximum absolute atomic E-state index is 10.2. The number of rotatable bonds is 5. The minimum atomic E-state index is -0.546. The van der Waals surface area contributed by atoms with Crippen LogP contribution in [0.5, 0.6) is 0 Å². The highest BCUT2D eigenvalue weighted by molar-refractivity contribution is 5.29. The van der Waals surface area contributed by atoms with Gasteiger partial charge in [-0.15, -0.1) is 0 Å². The second-order valence-corrected chi connectivity index (χ2v) is 4.66. The second-order valence-electron chi connectivity index (χ2n) is 4.66. The molecule has 0 aliphatic rings. The maximum Gasteiger partial charge on any atom is 0.104 e. The second kappa shape index (κ2) is 5.38. The third kappa shape index (κ3) is 2.33. The standard InChI is InChI=1S/C15H19NO2/c1-12(17)15(11-16,10-14-8-5-9-18-14)13-6-3-2-4-7-13/h2-9,12,17H,10-11,16H2,1H3. The van der Waals surface area contributed by atoms with E-state index in [4.69, 9.17) is 10.2 Å². The highest BCUT2D eigenvalue weighted by Gasteiger charge is 2.36. The first kappa shape index (κ1) is 12.9. The summed E-state index contributed by atoms with van der Waals surface area (Å²) in [6.07, 6.45) is 1.69. The first-order chi connectivity index (χ1) is 8.69. The van der Waals surface area contributed by atoms with Gasteiger partial charge in [0.2, 0.25) is 0 Å². The molecular formula is C15H19NO2. The number of aliphatic hydroxyl groups is 1. The van der Waals surface area contributed by atoms with E-state index in [1.807, 2.05) is 42.5 Å². The smallest absolute Gasteiger partial charge is 0.104 e. The molecule has 0 saturated heterocycles. The van der Waals surface area contributed by atoms with Crippen molar-refractivity contribution in [2.24, 2.45) is 5.73 Å². The van der Waals surface area contributed by atoms with Gasteiger partial charge < -0.3 is 15.3 Å². The molecule has 0 spiro atoms. The normalized spacial score (nSPS) is 16.2. The summed E-state index contributed by atoms with van der Waals surface area (Å²) in [7, 11) is 0. The zero-order valence-electron chi connectivity index (χ0n) is 10.5. The molecule has 2 atom stereocenters. The van der Waals surface area contributed by atoms with E-state index in [9.17, 15) is 5.11 Å². The zero-order chi connectivity index (χ0) is 13.0. The Kier molecular flexibility index (Phi) is 3.84. The Labute approximate surface area is 107 Å². The molecule has 18 heavy (non-hydrogen) atoms. The van der Waals surface area contributed by atoms with Crippen LogP contribution in [0.1, 0.15) is 18.2 Å². The molecule has 0 aliphatic heterocycles. The Morgan fingerprint density at radius 1 is 1.22 bits per heavy atom. The number of furan rings is 1. The van der Waals surface area contributed by atoms with E-state index < -0.39 is 11.5 Å². The Balaban J connectivity index is 2.40. The maximum atomic E-state index is 10.2. The predicted octanol–water partition coefficient (Wildman–Crippen LogP) is 2.10. The molecule has 0 amide bonds. The van der Waals surface area contributed by atoms with E-state index in [0.29, 0.717) is 13.0 Å². The van der Waals surface area contributed by atoms with Crippen molar-refractivity contribution in [2.75, 3.05) is 6.54 Å². The average molecular weight is 245 g/mol. The molecule has 3 N–H and O–H groups in total. The zero-order valence-corrected chi connectivity index (χ0v) is 10.5. The fourth-order valence-electron chi connectivity index (χ4n) is 2.35. The topological polar surface area (TPSA) is 59.4 Å². The molecule has 1 aromatic heterocycles. The lowest BCUT2D eigenvalue weighted by atomic mass is 9.73. The van der Waals surface area contributed by atoms with Crippen LogP contribution in [-0.4, -0.2) is 17.8 Å². The van der Waals surface area contributed by atoms with Crippen LogP contribution in [0.25, 0.3) is 0 Å². The minimum absolute atomic E-state index is 0.370. The van der Waals surface area contributed by atoms with Crippen molar-refractivity contribution in [2.45, 2.75) is 24.9 Å². The van der Waals surface area contributed by atoms with Crippen molar-refractivity contribution in [1.29, 1.82) is 0 Å². The first-order valence-electron chi connectivity index (χ1n) is 6.15. The van der Waals surface area contributed by atoms with E-state index in [0.717, 1.165) is 11.3 Å². The molecule has 3 heteroatoms. The van der Waals surface area contributed by atoms with Gasteiger partial charge in [-0.05, 0) is 24.6 Å². The highest BCUT2D eigenvalue weighted by Crippen LogP contribution is 2.31. The minimum Gasteiger partial charge on any atom is -0.469 e. The molecule has 96 valence electrons. The number of hydrogen-bond donors (Lipinski definition) is 2. The average Bonchev–Trinajstić information content (AvgIpc) is 2.89. The molecule has 2 unspecified atom stereocenters. The molecule has 2 rings (SSSR count). The van der Waals surface area contributed by atoms with Gasteiger partial charge in [-0.3, -0.25) is 0 Å². The molecule has 1 heterocycles. The number of nitrogens with two attached hydrogens (primary N) is 1. The number of hydrogen-bond acceptors (Lipinski definition) is 3. The first-order valence-corrected chi connectivity index (χ1v) is 6.15. The fourth-order valence-corrected chi connectivity index (χ4v) is 2.35. The van der Waals surface area contributed by atoms with Gasteiger partial charge in [0.05, 0.1) is 12.4 Å². The summed E-state index contributed by atoms with van der Waals surface area (Å²) in [4.78, 5) is 0. The third-order valence-electron chi connectivity index (χ3n) is 3.58. The van der Waals surface area contributed by atoms with Crippen molar-refractivity contribution in [1.82, 2.24) is 0 Å². The van der Waals surface area contributed by atoms with Crippen LogP contribution in [0.3, 0.4) is 0 Å². The van der Waals surface area contributed by atoms with Gasteiger partial charge in [0.15, 0.2) is 0 Å². The van der Waals surface area contributed by atoms with Crippen LogP contribution in [0.4, 0.5) is 0 Å². The molecule has 1 aromatic carbocycles. The summed E-state index contributed by atoms with van der Waals surface area (Å²) < 4.78 is 5.40. The van der Waals surface area contributed by atoms with E-state index in [1.54, 1.807) is 13.2 Å². The Morgan fingerprint density at radius 2 is 1.94 bits per heavy atom. The predicted molar refractivity (Wildman–Crippen MR) is 71.3 cm³/mol. The van der Waals surface area contributed by atoms with E-state index >= 15 is 0 Å². The Morgan fingerprint density at radius 3 is 2.44 bits per heavy atom. The Hall–Kier alpha value is -1.58. The van der Waals surface area contributed by atoms with Crippen molar-refractivity contribution < 1.29 is 9.52 Å². The SMILES string of the molecule is CC(O)C(CN)(Cc1ccco1)c1ccccc1. The summed E-state index contributed by atoms with van der Waals surface area (Å²) in [6, 6.07) is 13.7. The van der Waals surface area contributed by atoms with Crippen molar-refractivity contribution >= 4 is 0 Å². The summed E-state index contributed by atoms with van der Waals surface area (Å²) in [5.41, 5.74) is 6.50. The Bertz CT molecular complexity index is 465. The van der Waals surface area contributed by atoms with Crippen LogP contribution in [0.2, 0.25) is 0 Å². The molecule has 0 bridgehead atoms. The molecule has 0 radical (unpaired) electrons. The highest BCUT2D eigenvalue weighted by atomic mass is 16.3. The molecule has 2 aromatic rings. The van der Waals surface area contributed by atoms with Crippen LogP contribution in [0.15, 0.2) is 53.1 Å². The van der Waals surface area contributed by atoms with Gasteiger partial charge in [-0.2, -0.15) is 0 Å². The monoisotopic (exact) mass is 245 g/mol. The van der Waals surface area contributed by atoms with Crippen LogP contribution in [0, 0.1) is 0 Å². The summed E-state index contributed by atoms with van der Waals surface area (Å²) in [5.74, 6) is 0.838. The quantitative estimate of drug-likeness (QED) is 0.848. The van der Waals surface area contributed by atoms with Crippen molar-refractivity contribution in [3.8, 4) is 0 Å². The summed E-state index contributed by atoms with van der Waals surface area (Å²) in [5, 5.41) is 10.2. The third-order valence-corrected chi connectivity index (χ3v) is 3.58. The molecule has 3 nitrogen and oxygen atoms in total. The lowest BCUT2D eigenvalue weighted by molar-refractivity contribution is 0.0964. The van der Waals surface area contributed by atoms with Gasteiger partial charge in [0.25, 0.3) is 0 Å². The lowest BCUT2D eigenvalue weighted by Crippen LogP contribution is -2.46.